The molecule has 3 N–H and O–H groups in total. The minimum absolute atomic E-state index is 0.0414. The number of nitrogens with one attached hydrogen (secondary N) is 3. The van der Waals surface area contributed by atoms with Crippen molar-refractivity contribution in [1.29, 1.82) is 0 Å². The molecule has 0 spiro atoms. The smallest absolute Gasteiger partial charge is 0.251 e. The Morgan fingerprint density at radius 2 is 2.07 bits per heavy atom. The highest BCUT2D eigenvalue weighted by Gasteiger charge is 2.30. The number of benzene rings is 1. The first kappa shape index (κ1) is 21.5. The number of methoxy groups -OCH3 is 1. The lowest BCUT2D eigenvalue weighted by Gasteiger charge is -2.33. The van der Waals surface area contributed by atoms with Gasteiger partial charge in [-0.15, -0.1) is 11.8 Å². The molecule has 0 saturated heterocycles. The molecule has 0 saturated carbocycles. The molecule has 3 unspecified atom stereocenters. The van der Waals surface area contributed by atoms with Gasteiger partial charge in [-0.05, 0) is 30.5 Å². The Morgan fingerprint density at radius 1 is 1.28 bits per heavy atom. The van der Waals surface area contributed by atoms with Crippen LogP contribution in [-0.4, -0.2) is 49.4 Å². The summed E-state index contributed by atoms with van der Waals surface area (Å²) in [7, 11) is 1.59. The zero-order chi connectivity index (χ0) is 20.8. The average Bonchev–Trinajstić information content (AvgIpc) is 2.71. The van der Waals surface area contributed by atoms with Crippen LogP contribution in [0.1, 0.15) is 20.3 Å². The largest absolute Gasteiger partial charge is 0.383 e. The van der Waals surface area contributed by atoms with E-state index in [1.165, 1.54) is 4.90 Å². The van der Waals surface area contributed by atoms with E-state index in [1.807, 2.05) is 44.2 Å². The maximum atomic E-state index is 12.9. The number of thioether (sulfide) groups is 1. The van der Waals surface area contributed by atoms with Gasteiger partial charge in [-0.2, -0.15) is 0 Å². The first-order valence-electron chi connectivity index (χ1n) is 9.97. The third-order valence-corrected chi connectivity index (χ3v) is 6.18. The van der Waals surface area contributed by atoms with E-state index in [2.05, 4.69) is 28.1 Å². The molecule has 1 aliphatic heterocycles. The van der Waals surface area contributed by atoms with Gasteiger partial charge in [0.15, 0.2) is 0 Å². The van der Waals surface area contributed by atoms with Gasteiger partial charge in [0.2, 0.25) is 5.91 Å². The molecule has 156 valence electrons. The van der Waals surface area contributed by atoms with Gasteiger partial charge in [0.1, 0.15) is 6.04 Å². The van der Waals surface area contributed by atoms with E-state index >= 15 is 0 Å². The van der Waals surface area contributed by atoms with Crippen LogP contribution in [0.2, 0.25) is 0 Å². The van der Waals surface area contributed by atoms with Crippen molar-refractivity contribution in [2.45, 2.75) is 42.5 Å². The zero-order valence-corrected chi connectivity index (χ0v) is 17.9. The van der Waals surface area contributed by atoms with Crippen LogP contribution in [0, 0.1) is 5.92 Å². The normalized spacial score (nSPS) is 20.8. The minimum atomic E-state index is -0.569. The van der Waals surface area contributed by atoms with E-state index < -0.39 is 6.04 Å². The predicted molar refractivity (Wildman–Crippen MR) is 117 cm³/mol. The molecule has 2 amide bonds. The molecular formula is C22H29N3O3S. The summed E-state index contributed by atoms with van der Waals surface area (Å²) < 4.78 is 4.98. The SMILES string of the molecule is COCCNC(=O)C(CC(C)C)NC(=O)C1=CC2Nc3ccccc3SC2C=C1. The van der Waals surface area contributed by atoms with E-state index in [0.29, 0.717) is 25.1 Å². The molecule has 1 aliphatic carbocycles. The van der Waals surface area contributed by atoms with Gasteiger partial charge in [0.05, 0.1) is 17.9 Å². The fourth-order valence-corrected chi connectivity index (χ4v) is 4.56. The number of para-hydroxylation sites is 1. The Morgan fingerprint density at radius 3 is 2.83 bits per heavy atom. The van der Waals surface area contributed by atoms with Crippen molar-refractivity contribution in [2.75, 3.05) is 25.6 Å². The van der Waals surface area contributed by atoms with Gasteiger partial charge in [-0.1, -0.05) is 38.1 Å². The van der Waals surface area contributed by atoms with Crippen molar-refractivity contribution in [2.24, 2.45) is 5.92 Å². The standard InChI is InChI=1S/C22H29N3O3S/c1-14(2)12-18(22(27)23-10-11-28-3)25-21(26)15-8-9-20-17(13-15)24-16-6-4-5-7-19(16)29-20/h4-9,13-14,17-18,20,24H,10-12H2,1-3H3,(H,23,27)(H,25,26). The maximum Gasteiger partial charge on any atom is 0.251 e. The minimum Gasteiger partial charge on any atom is -0.383 e. The van der Waals surface area contributed by atoms with Gasteiger partial charge in [-0.25, -0.2) is 0 Å². The third kappa shape index (κ3) is 5.64. The Balaban J connectivity index is 1.66. The van der Waals surface area contributed by atoms with Gasteiger partial charge in [-0.3, -0.25) is 9.59 Å². The average molecular weight is 416 g/mol. The Kier molecular flexibility index (Phi) is 7.39. The lowest BCUT2D eigenvalue weighted by Crippen LogP contribution is -2.48. The van der Waals surface area contributed by atoms with Crippen LogP contribution in [0.3, 0.4) is 0 Å². The van der Waals surface area contributed by atoms with Crippen LogP contribution in [0.25, 0.3) is 0 Å². The summed E-state index contributed by atoms with van der Waals surface area (Å²) in [5.74, 6) is -0.123. The summed E-state index contributed by atoms with van der Waals surface area (Å²) >= 11 is 1.79. The second-order valence-corrected chi connectivity index (χ2v) is 8.89. The lowest BCUT2D eigenvalue weighted by molar-refractivity contribution is -0.127. The van der Waals surface area contributed by atoms with Crippen molar-refractivity contribution in [3.05, 3.63) is 48.1 Å². The number of hydrogen-bond acceptors (Lipinski definition) is 5. The molecule has 0 fully saturated rings. The number of amides is 2. The number of carbonyl (C=O) groups is 2. The Labute approximate surface area is 176 Å². The van der Waals surface area contributed by atoms with Crippen LogP contribution in [0.4, 0.5) is 5.69 Å². The molecular weight excluding hydrogens is 386 g/mol. The molecule has 1 aromatic carbocycles. The third-order valence-electron chi connectivity index (χ3n) is 4.85. The number of hydrogen-bond donors (Lipinski definition) is 3. The van der Waals surface area contributed by atoms with Crippen molar-refractivity contribution < 1.29 is 14.3 Å². The molecule has 6 nitrogen and oxygen atoms in total. The van der Waals surface area contributed by atoms with E-state index in [4.69, 9.17) is 4.74 Å². The maximum absolute atomic E-state index is 12.9. The second-order valence-electron chi connectivity index (χ2n) is 7.67. The molecule has 7 heteroatoms. The summed E-state index contributed by atoms with van der Waals surface area (Å²) in [6.45, 7) is 4.93. The first-order valence-corrected chi connectivity index (χ1v) is 10.9. The highest BCUT2D eigenvalue weighted by atomic mass is 32.2. The van der Waals surface area contributed by atoms with Crippen molar-refractivity contribution >= 4 is 29.3 Å². The van der Waals surface area contributed by atoms with Crippen molar-refractivity contribution in [3.63, 3.8) is 0 Å². The summed E-state index contributed by atoms with van der Waals surface area (Å²) in [5.41, 5.74) is 1.66. The van der Waals surface area contributed by atoms with Crippen molar-refractivity contribution in [3.8, 4) is 0 Å². The number of fused-ring (bicyclic) bond motifs is 2. The highest BCUT2D eigenvalue weighted by molar-refractivity contribution is 8.00. The van der Waals surface area contributed by atoms with E-state index in [-0.39, 0.29) is 29.0 Å². The van der Waals surface area contributed by atoms with Crippen LogP contribution >= 0.6 is 11.8 Å². The fourth-order valence-electron chi connectivity index (χ4n) is 3.41. The van der Waals surface area contributed by atoms with Gasteiger partial charge >= 0.3 is 0 Å². The van der Waals surface area contributed by atoms with Crippen molar-refractivity contribution in [1.82, 2.24) is 10.6 Å². The van der Waals surface area contributed by atoms with Gasteiger partial charge in [0.25, 0.3) is 5.91 Å². The topological polar surface area (TPSA) is 79.5 Å². The summed E-state index contributed by atoms with van der Waals surface area (Å²) in [6.07, 6.45) is 6.45. The van der Waals surface area contributed by atoms with E-state index in [9.17, 15) is 9.59 Å². The number of rotatable bonds is 8. The highest BCUT2D eigenvalue weighted by Crippen LogP contribution is 2.40. The quantitative estimate of drug-likeness (QED) is 0.569. The summed E-state index contributed by atoms with van der Waals surface area (Å²) in [6, 6.07) is 7.65. The monoisotopic (exact) mass is 415 g/mol. The van der Waals surface area contributed by atoms with E-state index in [1.54, 1.807) is 18.9 Å². The van der Waals surface area contributed by atoms with Crippen LogP contribution in [0.5, 0.6) is 0 Å². The first-order chi connectivity index (χ1) is 14.0. The molecule has 3 atom stereocenters. The molecule has 1 heterocycles. The van der Waals surface area contributed by atoms with Gasteiger partial charge < -0.3 is 20.7 Å². The summed E-state index contributed by atoms with van der Waals surface area (Å²) in [5, 5.41) is 9.48. The zero-order valence-electron chi connectivity index (χ0n) is 17.1. The second kappa shape index (κ2) is 9.98. The summed E-state index contributed by atoms with van der Waals surface area (Å²) in [4.78, 5) is 26.6. The van der Waals surface area contributed by atoms with E-state index in [0.717, 1.165) is 5.69 Å². The molecule has 1 aromatic rings. The number of ether oxygens (including phenoxy) is 1. The molecule has 2 aliphatic rings. The van der Waals surface area contributed by atoms with Crippen LogP contribution < -0.4 is 16.0 Å². The van der Waals surface area contributed by atoms with Crippen LogP contribution in [-0.2, 0) is 14.3 Å². The lowest BCUT2D eigenvalue weighted by atomic mass is 9.99. The number of anilines is 1. The molecule has 0 bridgehead atoms. The Bertz CT molecular complexity index is 806. The molecule has 0 aromatic heterocycles. The van der Waals surface area contributed by atoms with Gasteiger partial charge in [0, 0.05) is 29.8 Å². The Hall–Kier alpha value is -2.25. The number of carbonyl (C=O) groups excluding carboxylic acids is 2. The predicted octanol–water partition coefficient (Wildman–Crippen LogP) is 2.73. The molecule has 0 radical (unpaired) electrons. The molecule has 29 heavy (non-hydrogen) atoms. The fraction of sp³-hybridized carbons (Fsp3) is 0.455. The molecule has 3 rings (SSSR count). The van der Waals surface area contributed by atoms with Crippen LogP contribution in [0.15, 0.2) is 53.0 Å².